The van der Waals surface area contributed by atoms with E-state index in [1.165, 1.54) is 0 Å². The van der Waals surface area contributed by atoms with Crippen LogP contribution in [0.1, 0.15) is 6.42 Å². The smallest absolute Gasteiger partial charge is 0.165 e. The van der Waals surface area contributed by atoms with Gasteiger partial charge in [0, 0.05) is 18.1 Å². The van der Waals surface area contributed by atoms with Gasteiger partial charge >= 0.3 is 0 Å². The van der Waals surface area contributed by atoms with Crippen molar-refractivity contribution in [2.24, 2.45) is 5.73 Å². The van der Waals surface area contributed by atoms with E-state index in [1.807, 2.05) is 6.07 Å². The number of rotatable bonds is 4. The third-order valence-corrected chi connectivity index (χ3v) is 2.24. The first-order valence-corrected chi connectivity index (χ1v) is 4.59. The highest BCUT2D eigenvalue weighted by atomic mass is 32.2. The molecule has 0 saturated carbocycles. The number of nitriles is 1. The van der Waals surface area contributed by atoms with Crippen molar-refractivity contribution >= 4 is 11.8 Å². The molecule has 0 aliphatic carbocycles. The maximum atomic E-state index is 8.38. The predicted molar refractivity (Wildman–Crippen MR) is 47.5 cm³/mol. The molecule has 0 bridgehead atoms. The first-order valence-electron chi connectivity index (χ1n) is 3.60. The summed E-state index contributed by atoms with van der Waals surface area (Å²) in [5.74, 6) is 0.822. The van der Waals surface area contributed by atoms with Gasteiger partial charge in [-0.05, 0) is 6.42 Å². The van der Waals surface area contributed by atoms with E-state index < -0.39 is 0 Å². The molecule has 0 spiro atoms. The molecule has 5 heteroatoms. The van der Waals surface area contributed by atoms with Gasteiger partial charge in [-0.2, -0.15) is 5.26 Å². The van der Waals surface area contributed by atoms with Crippen LogP contribution >= 0.6 is 11.8 Å². The van der Waals surface area contributed by atoms with Crippen LogP contribution in [0.3, 0.4) is 0 Å². The van der Waals surface area contributed by atoms with E-state index in [-0.39, 0.29) is 6.04 Å². The Morgan fingerprint density at radius 3 is 3.25 bits per heavy atom. The van der Waals surface area contributed by atoms with Crippen molar-refractivity contribution in [3.05, 3.63) is 12.4 Å². The van der Waals surface area contributed by atoms with Gasteiger partial charge in [-0.15, -0.1) is 0 Å². The molecule has 0 fully saturated rings. The summed E-state index contributed by atoms with van der Waals surface area (Å²) in [6.45, 7) is 0. The number of aromatic nitrogens is 2. The third-order valence-electron chi connectivity index (χ3n) is 1.31. The number of hydrogen-bond donors (Lipinski definition) is 2. The van der Waals surface area contributed by atoms with Crippen LogP contribution in [-0.4, -0.2) is 21.8 Å². The Hall–Kier alpha value is -0.990. The summed E-state index contributed by atoms with van der Waals surface area (Å²) >= 11 is 1.57. The number of aromatic amines is 1. The molecule has 0 amide bonds. The van der Waals surface area contributed by atoms with Crippen LogP contribution in [0.2, 0.25) is 0 Å². The molecule has 4 nitrogen and oxygen atoms in total. The Bertz CT molecular complexity index is 251. The lowest BCUT2D eigenvalue weighted by molar-refractivity contribution is 0.802. The number of hydrogen-bond acceptors (Lipinski definition) is 4. The van der Waals surface area contributed by atoms with Gasteiger partial charge in [0.25, 0.3) is 0 Å². The number of nitrogens with two attached hydrogens (primary N) is 1. The van der Waals surface area contributed by atoms with Gasteiger partial charge in [0.05, 0.1) is 12.1 Å². The molecule has 3 N–H and O–H groups in total. The van der Waals surface area contributed by atoms with Crippen molar-refractivity contribution in [2.45, 2.75) is 17.6 Å². The lowest BCUT2D eigenvalue weighted by Gasteiger charge is -1.99. The summed E-state index contributed by atoms with van der Waals surface area (Å²) in [6, 6.07) is 1.62. The minimum atomic E-state index is -0.354. The maximum Gasteiger partial charge on any atom is 0.165 e. The molecule has 1 unspecified atom stereocenters. The molecule has 1 aromatic heterocycles. The van der Waals surface area contributed by atoms with Crippen molar-refractivity contribution in [2.75, 3.05) is 5.75 Å². The van der Waals surface area contributed by atoms with Crippen molar-refractivity contribution in [1.82, 2.24) is 9.97 Å². The lowest BCUT2D eigenvalue weighted by atomic mass is 10.3. The molecule has 1 aromatic rings. The van der Waals surface area contributed by atoms with Gasteiger partial charge in [-0.3, -0.25) is 0 Å². The average Bonchev–Trinajstić information content (AvgIpc) is 2.57. The molecule has 1 rings (SSSR count). The molecular formula is C7H10N4S. The fraction of sp³-hybridized carbons (Fsp3) is 0.429. The van der Waals surface area contributed by atoms with E-state index in [4.69, 9.17) is 11.0 Å². The number of nitrogens with one attached hydrogen (secondary N) is 1. The van der Waals surface area contributed by atoms with Crippen molar-refractivity contribution in [3.63, 3.8) is 0 Å². The van der Waals surface area contributed by atoms with Crippen molar-refractivity contribution in [3.8, 4) is 6.07 Å². The van der Waals surface area contributed by atoms with E-state index >= 15 is 0 Å². The molecule has 0 saturated heterocycles. The molecule has 12 heavy (non-hydrogen) atoms. The number of imidazole rings is 1. The summed E-state index contributed by atoms with van der Waals surface area (Å²) in [4.78, 5) is 6.98. The van der Waals surface area contributed by atoms with E-state index in [1.54, 1.807) is 24.2 Å². The number of nitrogens with zero attached hydrogens (tertiary/aromatic N) is 2. The summed E-state index contributed by atoms with van der Waals surface area (Å²) < 4.78 is 0. The maximum absolute atomic E-state index is 8.38. The summed E-state index contributed by atoms with van der Waals surface area (Å²) in [5.41, 5.74) is 5.41. The fourth-order valence-electron chi connectivity index (χ4n) is 0.677. The summed E-state index contributed by atoms with van der Waals surface area (Å²) in [7, 11) is 0. The highest BCUT2D eigenvalue weighted by molar-refractivity contribution is 7.99. The molecule has 0 radical (unpaired) electrons. The highest BCUT2D eigenvalue weighted by Crippen LogP contribution is 2.12. The lowest BCUT2D eigenvalue weighted by Crippen LogP contribution is -2.17. The Morgan fingerprint density at radius 2 is 2.67 bits per heavy atom. The largest absolute Gasteiger partial charge is 0.340 e. The Labute approximate surface area is 75.2 Å². The molecule has 1 atom stereocenters. The second-order valence-corrected chi connectivity index (χ2v) is 3.35. The molecule has 64 valence electrons. The van der Waals surface area contributed by atoms with Crippen LogP contribution in [0.4, 0.5) is 0 Å². The van der Waals surface area contributed by atoms with Gasteiger partial charge in [0.1, 0.15) is 0 Å². The van der Waals surface area contributed by atoms with Gasteiger partial charge in [0.2, 0.25) is 0 Å². The molecule has 0 aliphatic heterocycles. The standard InChI is InChI=1S/C7H10N4S/c8-5-6(9)1-4-12-7-10-2-3-11-7/h2-3,6H,1,4,9H2,(H,10,11). The Balaban J connectivity index is 2.16. The Morgan fingerprint density at radius 1 is 1.83 bits per heavy atom. The zero-order chi connectivity index (χ0) is 8.81. The van der Waals surface area contributed by atoms with Gasteiger partial charge in [-0.1, -0.05) is 11.8 Å². The van der Waals surface area contributed by atoms with Crippen molar-refractivity contribution in [1.29, 1.82) is 5.26 Å². The average molecular weight is 182 g/mol. The first kappa shape index (κ1) is 9.10. The number of H-pyrrole nitrogens is 1. The highest BCUT2D eigenvalue weighted by Gasteiger charge is 2.00. The minimum Gasteiger partial charge on any atom is -0.340 e. The van der Waals surface area contributed by atoms with E-state index in [2.05, 4.69) is 9.97 Å². The number of thioether (sulfide) groups is 1. The monoisotopic (exact) mass is 182 g/mol. The quantitative estimate of drug-likeness (QED) is 0.673. The van der Waals surface area contributed by atoms with Gasteiger partial charge in [-0.25, -0.2) is 4.98 Å². The van der Waals surface area contributed by atoms with E-state index in [9.17, 15) is 0 Å². The van der Waals surface area contributed by atoms with Gasteiger partial charge < -0.3 is 10.7 Å². The minimum absolute atomic E-state index is 0.354. The van der Waals surface area contributed by atoms with Crippen molar-refractivity contribution < 1.29 is 0 Å². The summed E-state index contributed by atoms with van der Waals surface area (Å²) in [6.07, 6.45) is 4.17. The second-order valence-electron chi connectivity index (χ2n) is 2.27. The second kappa shape index (κ2) is 4.80. The van der Waals surface area contributed by atoms with Crippen LogP contribution < -0.4 is 5.73 Å². The molecular weight excluding hydrogens is 172 g/mol. The topological polar surface area (TPSA) is 78.5 Å². The predicted octanol–water partition coefficient (Wildman–Crippen LogP) is 0.743. The Kier molecular flexibility index (Phi) is 3.64. The van der Waals surface area contributed by atoms with Crippen LogP contribution in [0.15, 0.2) is 17.6 Å². The van der Waals surface area contributed by atoms with E-state index in [0.29, 0.717) is 6.42 Å². The van der Waals surface area contributed by atoms with Gasteiger partial charge in [0.15, 0.2) is 5.16 Å². The van der Waals surface area contributed by atoms with Crippen LogP contribution in [0.25, 0.3) is 0 Å². The fourth-order valence-corrected chi connectivity index (χ4v) is 1.53. The van der Waals surface area contributed by atoms with Crippen LogP contribution in [0, 0.1) is 11.3 Å². The normalized spacial score (nSPS) is 12.3. The summed E-state index contributed by atoms with van der Waals surface area (Å²) in [5, 5.41) is 9.26. The zero-order valence-electron chi connectivity index (χ0n) is 6.53. The molecule has 0 aromatic carbocycles. The zero-order valence-corrected chi connectivity index (χ0v) is 7.34. The molecule has 1 heterocycles. The molecule has 0 aliphatic rings. The van der Waals surface area contributed by atoms with E-state index in [0.717, 1.165) is 10.9 Å². The third kappa shape index (κ3) is 2.95. The van der Waals surface area contributed by atoms with Crippen LogP contribution in [0.5, 0.6) is 0 Å². The first-order chi connectivity index (χ1) is 5.83. The SMILES string of the molecule is N#CC(N)CCSc1ncc[nH]1. The van der Waals surface area contributed by atoms with Crippen LogP contribution in [-0.2, 0) is 0 Å².